The van der Waals surface area contributed by atoms with Crippen LogP contribution in [0.25, 0.3) is 0 Å². The molecule has 2 rings (SSSR count). The van der Waals surface area contributed by atoms with E-state index in [-0.39, 0.29) is 44.9 Å². The van der Waals surface area contributed by atoms with Crippen molar-refractivity contribution in [3.63, 3.8) is 0 Å². The minimum Gasteiger partial charge on any atom is -0.463 e. The van der Waals surface area contributed by atoms with E-state index in [0.717, 1.165) is 0 Å². The van der Waals surface area contributed by atoms with Crippen LogP contribution in [0.1, 0.15) is 39.8 Å². The molecule has 0 radical (unpaired) electrons. The van der Waals surface area contributed by atoms with Gasteiger partial charge in [-0.25, -0.2) is 9.36 Å². The van der Waals surface area contributed by atoms with Gasteiger partial charge in [-0.3, -0.25) is 23.7 Å². The van der Waals surface area contributed by atoms with E-state index in [9.17, 15) is 24.1 Å². The largest absolute Gasteiger partial charge is 0.463 e. The predicted octanol–water partition coefficient (Wildman–Crippen LogP) is 1.27. The molecular formula is C22H31N2O9P. The van der Waals surface area contributed by atoms with E-state index in [1.54, 1.807) is 20.8 Å². The van der Waals surface area contributed by atoms with Gasteiger partial charge < -0.3 is 19.3 Å². The molecule has 1 aliphatic rings. The van der Waals surface area contributed by atoms with Crippen molar-refractivity contribution < 1.29 is 33.2 Å². The van der Waals surface area contributed by atoms with E-state index in [1.807, 2.05) is 0 Å². The van der Waals surface area contributed by atoms with E-state index >= 15 is 0 Å². The topological polar surface area (TPSA) is 146 Å². The molecule has 1 aromatic rings. The third kappa shape index (κ3) is 6.84. The number of terminal acetylenes is 1. The zero-order valence-corrected chi connectivity index (χ0v) is 20.4. The molecular weight excluding hydrogens is 467 g/mol. The van der Waals surface area contributed by atoms with Crippen molar-refractivity contribution in [1.82, 2.24) is 9.55 Å². The van der Waals surface area contributed by atoms with Gasteiger partial charge in [0.25, 0.3) is 5.56 Å². The highest BCUT2D eigenvalue weighted by Gasteiger charge is 2.53. The Bertz CT molecular complexity index is 986. The van der Waals surface area contributed by atoms with Gasteiger partial charge in [0.15, 0.2) is 6.23 Å². The molecule has 1 saturated heterocycles. The van der Waals surface area contributed by atoms with Crippen molar-refractivity contribution in [3.05, 3.63) is 33.1 Å². The van der Waals surface area contributed by atoms with E-state index in [0.29, 0.717) is 6.42 Å². The summed E-state index contributed by atoms with van der Waals surface area (Å²) >= 11 is 0. The molecule has 11 nitrogen and oxygen atoms in total. The van der Waals surface area contributed by atoms with E-state index in [1.165, 1.54) is 16.8 Å². The number of hydrogen-bond donors (Lipinski definition) is 2. The van der Waals surface area contributed by atoms with Crippen LogP contribution in [0.5, 0.6) is 0 Å². The lowest BCUT2D eigenvalue weighted by atomic mass is 9.74. The van der Waals surface area contributed by atoms with Crippen LogP contribution in [-0.4, -0.2) is 59.3 Å². The summed E-state index contributed by atoms with van der Waals surface area (Å²) in [5.74, 6) is 1.22. The molecule has 5 atom stereocenters. The third-order valence-corrected chi connectivity index (χ3v) is 6.09. The molecule has 188 valence electrons. The Kier molecular flexibility index (Phi) is 10.6. The Balaban J connectivity index is 2.08. The lowest BCUT2D eigenvalue weighted by molar-refractivity contribution is -0.154. The number of aliphatic hydroxyl groups is 1. The second kappa shape index (κ2) is 12.9. The van der Waals surface area contributed by atoms with Gasteiger partial charge >= 0.3 is 20.3 Å². The van der Waals surface area contributed by atoms with Crippen LogP contribution < -0.4 is 11.2 Å². The fourth-order valence-electron chi connectivity index (χ4n) is 4.01. The molecule has 1 fully saturated rings. The van der Waals surface area contributed by atoms with Gasteiger partial charge in [-0.05, 0) is 33.6 Å². The zero-order valence-electron chi connectivity index (χ0n) is 19.5. The molecule has 0 aromatic carbocycles. The number of hydrogen-bond acceptors (Lipinski definition) is 9. The van der Waals surface area contributed by atoms with E-state index in [2.05, 4.69) is 10.9 Å². The highest BCUT2D eigenvalue weighted by Crippen LogP contribution is 2.50. The number of ether oxygens (including phenoxy) is 3. The molecule has 2 N–H and O–H groups in total. The minimum absolute atomic E-state index is 0.0325. The van der Waals surface area contributed by atoms with Crippen LogP contribution in [0.15, 0.2) is 21.9 Å². The van der Waals surface area contributed by atoms with Crippen LogP contribution in [0.2, 0.25) is 0 Å². The second-order valence-corrected chi connectivity index (χ2v) is 8.91. The molecule has 0 spiro atoms. The first kappa shape index (κ1) is 27.9. The zero-order chi connectivity index (χ0) is 25.3. The van der Waals surface area contributed by atoms with Crippen molar-refractivity contribution >= 4 is 14.7 Å². The average molecular weight is 498 g/mol. The number of carbonyl (C=O) groups is 1. The van der Waals surface area contributed by atoms with Crippen LogP contribution >= 0.6 is 8.69 Å². The molecule has 1 aliphatic heterocycles. The summed E-state index contributed by atoms with van der Waals surface area (Å²) in [6, 6.07) is 1.20. The molecule has 0 bridgehead atoms. The Hall–Kier alpha value is -2.35. The lowest BCUT2D eigenvalue weighted by Crippen LogP contribution is -2.38. The lowest BCUT2D eigenvalue weighted by Gasteiger charge is -2.31. The van der Waals surface area contributed by atoms with Gasteiger partial charge in [-0.2, -0.15) is 0 Å². The molecule has 1 aromatic heterocycles. The number of nitrogens with one attached hydrogen (secondary N) is 1. The Morgan fingerprint density at radius 1 is 1.41 bits per heavy atom. The quantitative estimate of drug-likeness (QED) is 0.178. The Labute approximate surface area is 199 Å². The van der Waals surface area contributed by atoms with E-state index < -0.39 is 49.6 Å². The summed E-state index contributed by atoms with van der Waals surface area (Å²) in [4.78, 5) is 38.0. The molecule has 34 heavy (non-hydrogen) atoms. The molecule has 0 amide bonds. The van der Waals surface area contributed by atoms with Gasteiger partial charge in [0.1, 0.15) is 0 Å². The SMILES string of the molecule is C#C[C@]1(C)[C@H](CCOCCC(CO)C(=O)OC(C)C)[C@@H](COP=O)O[C@H]1n1ccc(=O)[nH]c1=O. The predicted molar refractivity (Wildman–Crippen MR) is 121 cm³/mol. The second-order valence-electron chi connectivity index (χ2n) is 8.50. The normalized spacial score (nSPS) is 25.4. The van der Waals surface area contributed by atoms with Gasteiger partial charge in [0.05, 0.1) is 36.8 Å². The van der Waals surface area contributed by atoms with E-state index in [4.69, 9.17) is 25.2 Å². The van der Waals surface area contributed by atoms with Crippen LogP contribution in [0, 0.1) is 29.6 Å². The number of aromatic amines is 1. The Morgan fingerprint density at radius 2 is 2.15 bits per heavy atom. The maximum atomic E-state index is 12.4. The fraction of sp³-hybridized carbons (Fsp3) is 0.682. The first-order chi connectivity index (χ1) is 16.2. The number of carbonyl (C=O) groups excluding carboxylic acids is 1. The minimum atomic E-state index is -0.978. The standard InChI is InChI=1S/C22H31N2O9P/c1-5-22(4)16(8-11-30-10-7-15(12-25)19(27)32-14(2)3)17(13-31-34-29)33-20(22)24-9-6-18(26)23-21(24)28/h1,6,9,14-17,20,25H,7-8,10-13H2,2-4H3,(H,23,26,28)/t15?,16-,17-,20-,22-/m1/s1. The van der Waals surface area contributed by atoms with Crippen molar-refractivity contribution in [2.45, 2.75) is 52.0 Å². The first-order valence-electron chi connectivity index (χ1n) is 11.0. The van der Waals surface area contributed by atoms with Crippen LogP contribution in [0.4, 0.5) is 0 Å². The number of esters is 1. The molecule has 12 heteroatoms. The van der Waals surface area contributed by atoms with Crippen molar-refractivity contribution in [2.24, 2.45) is 17.3 Å². The molecule has 1 unspecified atom stereocenters. The highest BCUT2D eigenvalue weighted by molar-refractivity contribution is 7.17. The van der Waals surface area contributed by atoms with Gasteiger partial charge in [-0.15, -0.1) is 6.42 Å². The van der Waals surface area contributed by atoms with Gasteiger partial charge in [-0.1, -0.05) is 5.92 Å². The molecule has 2 heterocycles. The number of aliphatic hydroxyl groups excluding tert-OH is 1. The summed E-state index contributed by atoms with van der Waals surface area (Å²) in [6.45, 7) is 5.31. The van der Waals surface area contributed by atoms with Gasteiger partial charge in [0, 0.05) is 31.4 Å². The summed E-state index contributed by atoms with van der Waals surface area (Å²) in [5.41, 5.74) is -2.19. The smallest absolute Gasteiger partial charge is 0.330 e. The number of H-pyrrole nitrogens is 1. The third-order valence-electron chi connectivity index (χ3n) is 5.83. The maximum Gasteiger partial charge on any atom is 0.330 e. The summed E-state index contributed by atoms with van der Waals surface area (Å²) in [7, 11) is -0.521. The number of rotatable bonds is 13. The fourth-order valence-corrected chi connectivity index (χ4v) is 4.22. The highest BCUT2D eigenvalue weighted by atomic mass is 31.1. The number of nitrogens with zero attached hydrogens (tertiary/aromatic N) is 1. The number of aromatic nitrogens is 2. The average Bonchev–Trinajstić information content (AvgIpc) is 3.06. The Morgan fingerprint density at radius 3 is 2.74 bits per heavy atom. The first-order valence-corrected chi connectivity index (χ1v) is 11.7. The molecule has 0 aliphatic carbocycles. The van der Waals surface area contributed by atoms with Crippen molar-refractivity contribution in [1.29, 1.82) is 0 Å². The van der Waals surface area contributed by atoms with Crippen LogP contribution in [-0.2, 0) is 28.1 Å². The molecule has 0 saturated carbocycles. The summed E-state index contributed by atoms with van der Waals surface area (Å²) < 4.78 is 33.9. The van der Waals surface area contributed by atoms with Crippen LogP contribution in [0.3, 0.4) is 0 Å². The maximum absolute atomic E-state index is 12.4. The van der Waals surface area contributed by atoms with Gasteiger partial charge in [0.2, 0.25) is 0 Å². The van der Waals surface area contributed by atoms with Crippen molar-refractivity contribution in [3.8, 4) is 12.3 Å². The monoisotopic (exact) mass is 498 g/mol. The summed E-state index contributed by atoms with van der Waals surface area (Å²) in [6.07, 6.45) is 6.12. The summed E-state index contributed by atoms with van der Waals surface area (Å²) in [5, 5.41) is 9.45. The van der Waals surface area contributed by atoms with Crippen molar-refractivity contribution in [2.75, 3.05) is 26.4 Å².